The Kier molecular flexibility index (Phi) is 6.64. The molecule has 1 amide bonds. The van der Waals surface area contributed by atoms with Crippen molar-refractivity contribution in [2.75, 3.05) is 11.1 Å². The Hall–Kier alpha value is -2.32. The van der Waals surface area contributed by atoms with Gasteiger partial charge in [0.05, 0.1) is 11.1 Å². The second-order valence-electron chi connectivity index (χ2n) is 7.05. The molecule has 4 rings (SSSR count). The third-order valence-corrected chi connectivity index (χ3v) is 7.38. The molecular weight excluding hydrogens is 415 g/mol. The topological polar surface area (TPSA) is 97.4 Å². The Bertz CT molecular complexity index is 931. The largest absolute Gasteiger partial charge is 0.386 e. The number of pyridine rings is 1. The first kappa shape index (κ1) is 21.4. The Morgan fingerprint density at radius 1 is 1.28 bits per heavy atom. The molecule has 2 atom stereocenters. The molecule has 29 heavy (non-hydrogen) atoms. The second-order valence-corrected chi connectivity index (χ2v) is 9.29. The fourth-order valence-electron chi connectivity index (χ4n) is 3.11. The number of nitrogens with zero attached hydrogens (tertiary/aromatic N) is 2. The van der Waals surface area contributed by atoms with Gasteiger partial charge in [-0.2, -0.15) is 0 Å². The molecule has 1 saturated carbocycles. The van der Waals surface area contributed by atoms with Crippen LogP contribution in [0.2, 0.25) is 5.02 Å². The van der Waals surface area contributed by atoms with E-state index in [-0.39, 0.29) is 28.2 Å². The SMILES string of the molecule is CC1CS(=O)C2(CCC2)C(N)=N1.O=C(Nc1ccc(F)cc1)c1ccc(Cl)cn1. The van der Waals surface area contributed by atoms with E-state index in [2.05, 4.69) is 15.3 Å². The Morgan fingerprint density at radius 2 is 1.97 bits per heavy atom. The average molecular weight is 437 g/mol. The van der Waals surface area contributed by atoms with Crippen LogP contribution in [-0.4, -0.2) is 37.5 Å². The summed E-state index contributed by atoms with van der Waals surface area (Å²) in [5.74, 6) is 0.618. The summed E-state index contributed by atoms with van der Waals surface area (Å²) in [5, 5.41) is 3.06. The molecule has 2 aromatic rings. The number of nitrogens with two attached hydrogens (primary N) is 1. The maximum atomic E-state index is 12.7. The van der Waals surface area contributed by atoms with Gasteiger partial charge in [-0.1, -0.05) is 11.6 Å². The monoisotopic (exact) mass is 436 g/mol. The summed E-state index contributed by atoms with van der Waals surface area (Å²) in [6.07, 6.45) is 4.49. The van der Waals surface area contributed by atoms with Crippen molar-refractivity contribution < 1.29 is 13.4 Å². The van der Waals surface area contributed by atoms with Crippen LogP contribution in [0.25, 0.3) is 0 Å². The molecule has 0 saturated heterocycles. The molecule has 9 heteroatoms. The van der Waals surface area contributed by atoms with Crippen molar-refractivity contribution in [2.24, 2.45) is 10.7 Å². The molecule has 2 unspecified atom stereocenters. The number of aliphatic imine (C=N–C) groups is 1. The van der Waals surface area contributed by atoms with Gasteiger partial charge in [0, 0.05) is 28.4 Å². The summed E-state index contributed by atoms with van der Waals surface area (Å²) in [4.78, 5) is 19.9. The molecule has 1 aliphatic carbocycles. The summed E-state index contributed by atoms with van der Waals surface area (Å²) in [6.45, 7) is 1.97. The number of carbonyl (C=O) groups is 1. The summed E-state index contributed by atoms with van der Waals surface area (Å²) >= 11 is 5.66. The quantitative estimate of drug-likeness (QED) is 0.752. The van der Waals surface area contributed by atoms with Gasteiger partial charge >= 0.3 is 0 Å². The van der Waals surface area contributed by atoms with Crippen LogP contribution in [0.5, 0.6) is 0 Å². The molecule has 1 aromatic heterocycles. The van der Waals surface area contributed by atoms with Crippen LogP contribution in [0.3, 0.4) is 0 Å². The lowest BCUT2D eigenvalue weighted by Crippen LogP contribution is -2.57. The molecule has 1 spiro atoms. The van der Waals surface area contributed by atoms with Crippen LogP contribution >= 0.6 is 11.6 Å². The van der Waals surface area contributed by atoms with Crippen LogP contribution in [-0.2, 0) is 10.8 Å². The maximum Gasteiger partial charge on any atom is 0.274 e. The maximum absolute atomic E-state index is 12.7. The smallest absolute Gasteiger partial charge is 0.274 e. The van der Waals surface area contributed by atoms with Crippen molar-refractivity contribution in [3.05, 3.63) is 59.1 Å². The Morgan fingerprint density at radius 3 is 2.48 bits per heavy atom. The fourth-order valence-corrected chi connectivity index (χ4v) is 5.08. The zero-order valence-electron chi connectivity index (χ0n) is 15.9. The van der Waals surface area contributed by atoms with Crippen LogP contribution in [0, 0.1) is 5.82 Å². The highest BCUT2D eigenvalue weighted by molar-refractivity contribution is 7.87. The lowest BCUT2D eigenvalue weighted by Gasteiger charge is -2.43. The number of anilines is 1. The third-order valence-electron chi connectivity index (χ3n) is 4.88. The second kappa shape index (κ2) is 9.00. The van der Waals surface area contributed by atoms with Crippen molar-refractivity contribution in [1.82, 2.24) is 4.98 Å². The Labute approximate surface area is 176 Å². The molecule has 1 fully saturated rings. The van der Waals surface area contributed by atoms with E-state index in [4.69, 9.17) is 17.3 Å². The van der Waals surface area contributed by atoms with Crippen LogP contribution in [0.15, 0.2) is 47.6 Å². The van der Waals surface area contributed by atoms with Crippen molar-refractivity contribution in [1.29, 1.82) is 0 Å². The highest BCUT2D eigenvalue weighted by Gasteiger charge is 2.48. The number of carbonyl (C=O) groups excluding carboxylic acids is 1. The van der Waals surface area contributed by atoms with Gasteiger partial charge in [0.1, 0.15) is 22.1 Å². The number of nitrogens with one attached hydrogen (secondary N) is 1. The van der Waals surface area contributed by atoms with E-state index >= 15 is 0 Å². The Balaban J connectivity index is 0.000000176. The molecule has 1 aromatic carbocycles. The molecule has 154 valence electrons. The highest BCUT2D eigenvalue weighted by atomic mass is 35.5. The zero-order chi connectivity index (χ0) is 21.0. The number of amides is 1. The molecule has 2 aliphatic rings. The predicted molar refractivity (Wildman–Crippen MR) is 114 cm³/mol. The number of aromatic nitrogens is 1. The number of hydrogen-bond acceptors (Lipinski definition) is 5. The molecule has 2 heterocycles. The summed E-state index contributed by atoms with van der Waals surface area (Å²) in [5.41, 5.74) is 6.57. The fraction of sp³-hybridized carbons (Fsp3) is 0.350. The van der Waals surface area contributed by atoms with Gasteiger partial charge in [0.2, 0.25) is 0 Å². The van der Waals surface area contributed by atoms with Crippen LogP contribution in [0.4, 0.5) is 10.1 Å². The van der Waals surface area contributed by atoms with E-state index in [1.54, 1.807) is 6.07 Å². The van der Waals surface area contributed by atoms with E-state index in [0.29, 0.717) is 22.3 Å². The molecular formula is C20H22ClFN4O2S. The lowest BCUT2D eigenvalue weighted by atomic mass is 9.83. The minimum absolute atomic E-state index is 0.150. The van der Waals surface area contributed by atoms with Gasteiger partial charge in [0.15, 0.2) is 0 Å². The molecule has 0 bridgehead atoms. The van der Waals surface area contributed by atoms with Gasteiger partial charge in [-0.3, -0.25) is 14.0 Å². The van der Waals surface area contributed by atoms with Gasteiger partial charge in [-0.25, -0.2) is 9.37 Å². The van der Waals surface area contributed by atoms with Gasteiger partial charge in [-0.15, -0.1) is 0 Å². The van der Waals surface area contributed by atoms with Crippen molar-refractivity contribution >= 4 is 39.8 Å². The number of hydrogen-bond donors (Lipinski definition) is 2. The molecule has 6 nitrogen and oxygen atoms in total. The summed E-state index contributed by atoms with van der Waals surface area (Å²) in [7, 11) is -0.773. The first-order chi connectivity index (χ1) is 13.8. The highest BCUT2D eigenvalue weighted by Crippen LogP contribution is 2.40. The van der Waals surface area contributed by atoms with Gasteiger partial charge in [-0.05, 0) is 62.6 Å². The summed E-state index contributed by atoms with van der Waals surface area (Å²) in [6, 6.07) is 8.73. The third kappa shape index (κ3) is 5.00. The molecule has 0 radical (unpaired) electrons. The lowest BCUT2D eigenvalue weighted by molar-refractivity contribution is 0.102. The minimum Gasteiger partial charge on any atom is -0.386 e. The zero-order valence-corrected chi connectivity index (χ0v) is 17.5. The predicted octanol–water partition coefficient (Wildman–Crippen LogP) is 3.54. The number of rotatable bonds is 2. The minimum atomic E-state index is -0.773. The summed E-state index contributed by atoms with van der Waals surface area (Å²) < 4.78 is 24.2. The number of benzene rings is 1. The number of halogens is 2. The van der Waals surface area contributed by atoms with E-state index in [9.17, 15) is 13.4 Å². The van der Waals surface area contributed by atoms with Gasteiger partial charge in [0.25, 0.3) is 5.91 Å². The first-order valence-electron chi connectivity index (χ1n) is 9.21. The standard InChI is InChI=1S/C12H8ClFN2O.C8H14N2OS/c13-8-1-6-11(15-7-8)12(17)16-10-4-2-9(14)3-5-10;1-6-5-12(11)8(3-2-4-8)7(9)10-6/h1-7H,(H,16,17);6H,2-5H2,1H3,(H2,9,10). The van der Waals surface area contributed by atoms with Crippen LogP contribution < -0.4 is 11.1 Å². The average Bonchev–Trinajstić information content (AvgIpc) is 2.63. The molecule has 3 N–H and O–H groups in total. The van der Waals surface area contributed by atoms with Crippen molar-refractivity contribution in [2.45, 2.75) is 37.0 Å². The molecule has 1 aliphatic heterocycles. The number of amidine groups is 1. The normalized spacial score (nSPS) is 22.0. The van der Waals surface area contributed by atoms with E-state index in [1.165, 1.54) is 36.5 Å². The van der Waals surface area contributed by atoms with E-state index in [0.717, 1.165) is 19.3 Å². The van der Waals surface area contributed by atoms with Crippen molar-refractivity contribution in [3.8, 4) is 0 Å². The van der Waals surface area contributed by atoms with E-state index < -0.39 is 10.8 Å². The van der Waals surface area contributed by atoms with E-state index in [1.807, 2.05) is 6.92 Å². The van der Waals surface area contributed by atoms with Gasteiger partial charge < -0.3 is 11.1 Å². The first-order valence-corrected chi connectivity index (χ1v) is 10.9. The van der Waals surface area contributed by atoms with Crippen molar-refractivity contribution in [3.63, 3.8) is 0 Å². The van der Waals surface area contributed by atoms with Crippen LogP contribution in [0.1, 0.15) is 36.7 Å².